The summed E-state index contributed by atoms with van der Waals surface area (Å²) < 4.78 is 5.12. The number of hydrogen-bond acceptors (Lipinski definition) is 4. The van der Waals surface area contributed by atoms with Crippen molar-refractivity contribution < 1.29 is 9.53 Å². The summed E-state index contributed by atoms with van der Waals surface area (Å²) in [5, 5.41) is 6.29. The molecule has 1 aromatic heterocycles. The SMILES string of the molecule is CCOC(=O)C(Cc1ccccc1)NC(=S)Nc1ccccn1. The molecule has 1 atom stereocenters. The van der Waals surface area contributed by atoms with E-state index in [0.29, 0.717) is 24.0 Å². The predicted molar refractivity (Wildman–Crippen MR) is 94.2 cm³/mol. The van der Waals surface area contributed by atoms with Crippen LogP contribution in [-0.2, 0) is 16.0 Å². The third kappa shape index (κ3) is 5.67. The summed E-state index contributed by atoms with van der Waals surface area (Å²) in [4.78, 5) is 16.3. The number of anilines is 1. The van der Waals surface area contributed by atoms with Gasteiger partial charge in [-0.05, 0) is 36.8 Å². The maximum atomic E-state index is 12.1. The van der Waals surface area contributed by atoms with Crippen LogP contribution < -0.4 is 10.6 Å². The highest BCUT2D eigenvalue weighted by atomic mass is 32.1. The second-order valence-corrected chi connectivity index (χ2v) is 5.22. The van der Waals surface area contributed by atoms with Crippen molar-refractivity contribution in [1.82, 2.24) is 10.3 Å². The fraction of sp³-hybridized carbons (Fsp3) is 0.235. The molecule has 0 spiro atoms. The predicted octanol–water partition coefficient (Wildman–Crippen LogP) is 2.54. The minimum Gasteiger partial charge on any atom is -0.464 e. The van der Waals surface area contributed by atoms with Crippen molar-refractivity contribution in [2.45, 2.75) is 19.4 Å². The van der Waals surface area contributed by atoms with E-state index in [-0.39, 0.29) is 5.97 Å². The van der Waals surface area contributed by atoms with Gasteiger partial charge < -0.3 is 15.4 Å². The monoisotopic (exact) mass is 329 g/mol. The number of ether oxygens (including phenoxy) is 1. The molecule has 0 amide bonds. The molecule has 23 heavy (non-hydrogen) atoms. The number of pyridine rings is 1. The number of carbonyl (C=O) groups is 1. The standard InChI is InChI=1S/C17H19N3O2S/c1-2-22-16(21)14(12-13-8-4-3-5-9-13)19-17(23)20-15-10-6-7-11-18-15/h3-11,14H,2,12H2,1H3,(H2,18,19,20,23). The van der Waals surface area contributed by atoms with E-state index in [1.54, 1.807) is 19.2 Å². The van der Waals surface area contributed by atoms with Crippen LogP contribution in [0.1, 0.15) is 12.5 Å². The van der Waals surface area contributed by atoms with Gasteiger partial charge in [0.15, 0.2) is 5.11 Å². The third-order valence-electron chi connectivity index (χ3n) is 3.07. The van der Waals surface area contributed by atoms with Crippen LogP contribution in [0.3, 0.4) is 0 Å². The summed E-state index contributed by atoms with van der Waals surface area (Å²) in [5.74, 6) is 0.286. The molecule has 6 heteroatoms. The fourth-order valence-corrected chi connectivity index (χ4v) is 2.28. The molecule has 0 saturated heterocycles. The summed E-state index contributed by atoms with van der Waals surface area (Å²) >= 11 is 5.26. The minimum atomic E-state index is -0.555. The largest absolute Gasteiger partial charge is 0.464 e. The molecule has 2 N–H and O–H groups in total. The average molecular weight is 329 g/mol. The van der Waals surface area contributed by atoms with Crippen LogP contribution in [-0.4, -0.2) is 28.7 Å². The number of nitrogens with one attached hydrogen (secondary N) is 2. The van der Waals surface area contributed by atoms with Crippen molar-refractivity contribution in [3.05, 3.63) is 60.3 Å². The Labute approximate surface area is 141 Å². The van der Waals surface area contributed by atoms with Crippen molar-refractivity contribution in [2.24, 2.45) is 0 Å². The summed E-state index contributed by atoms with van der Waals surface area (Å²) in [6.45, 7) is 2.11. The molecule has 0 aliphatic heterocycles. The quantitative estimate of drug-likeness (QED) is 0.627. The van der Waals surface area contributed by atoms with Gasteiger partial charge in [-0.3, -0.25) is 0 Å². The van der Waals surface area contributed by atoms with Gasteiger partial charge in [0.2, 0.25) is 0 Å². The zero-order valence-corrected chi connectivity index (χ0v) is 13.7. The molecule has 0 bridgehead atoms. The van der Waals surface area contributed by atoms with Crippen molar-refractivity contribution in [3.8, 4) is 0 Å². The molecule has 0 aliphatic rings. The van der Waals surface area contributed by atoms with Crippen molar-refractivity contribution in [1.29, 1.82) is 0 Å². The lowest BCUT2D eigenvalue weighted by atomic mass is 10.1. The topological polar surface area (TPSA) is 63.2 Å². The Morgan fingerprint density at radius 1 is 1.22 bits per heavy atom. The van der Waals surface area contributed by atoms with E-state index in [9.17, 15) is 4.79 Å². The van der Waals surface area contributed by atoms with Crippen LogP contribution in [0.5, 0.6) is 0 Å². The molecule has 2 rings (SSSR count). The second-order valence-electron chi connectivity index (χ2n) is 4.81. The van der Waals surface area contributed by atoms with E-state index < -0.39 is 6.04 Å². The molecule has 2 aromatic rings. The lowest BCUT2D eigenvalue weighted by molar-refractivity contribution is -0.145. The molecule has 1 heterocycles. The Morgan fingerprint density at radius 3 is 2.61 bits per heavy atom. The third-order valence-corrected chi connectivity index (χ3v) is 3.29. The number of carbonyl (C=O) groups excluding carboxylic acids is 1. The van der Waals surface area contributed by atoms with Crippen LogP contribution in [0.15, 0.2) is 54.7 Å². The molecule has 1 aromatic carbocycles. The molecule has 5 nitrogen and oxygen atoms in total. The highest BCUT2D eigenvalue weighted by molar-refractivity contribution is 7.80. The van der Waals surface area contributed by atoms with E-state index in [1.807, 2.05) is 42.5 Å². The molecule has 120 valence electrons. The van der Waals surface area contributed by atoms with E-state index in [2.05, 4.69) is 15.6 Å². The van der Waals surface area contributed by atoms with Crippen LogP contribution >= 0.6 is 12.2 Å². The normalized spacial score (nSPS) is 11.3. The Hall–Kier alpha value is -2.47. The highest BCUT2D eigenvalue weighted by Crippen LogP contribution is 2.06. The molecule has 0 aliphatic carbocycles. The minimum absolute atomic E-state index is 0.326. The zero-order valence-electron chi connectivity index (χ0n) is 12.9. The van der Waals surface area contributed by atoms with Gasteiger partial charge in [0.05, 0.1) is 6.61 Å². The van der Waals surface area contributed by atoms with Crippen molar-refractivity contribution >= 4 is 29.1 Å². The van der Waals surface area contributed by atoms with Gasteiger partial charge in [0.1, 0.15) is 11.9 Å². The van der Waals surface area contributed by atoms with E-state index >= 15 is 0 Å². The first-order valence-corrected chi connectivity index (χ1v) is 7.79. The zero-order chi connectivity index (χ0) is 16.5. The van der Waals surface area contributed by atoms with Gasteiger partial charge in [0, 0.05) is 12.6 Å². The van der Waals surface area contributed by atoms with Gasteiger partial charge in [-0.2, -0.15) is 0 Å². The second kappa shape index (κ2) is 8.85. The molecular formula is C17H19N3O2S. The molecule has 0 fully saturated rings. The Balaban J connectivity index is 2.01. The summed E-state index contributed by atoms with van der Waals surface area (Å²) in [6, 6.07) is 14.6. The number of esters is 1. The van der Waals surface area contributed by atoms with Crippen LogP contribution in [0.4, 0.5) is 5.82 Å². The van der Waals surface area contributed by atoms with E-state index in [4.69, 9.17) is 17.0 Å². The van der Waals surface area contributed by atoms with Gasteiger partial charge in [-0.25, -0.2) is 9.78 Å². The Bertz CT molecular complexity index is 635. The Morgan fingerprint density at radius 2 is 1.96 bits per heavy atom. The lowest BCUT2D eigenvalue weighted by Crippen LogP contribution is -2.45. The maximum Gasteiger partial charge on any atom is 0.328 e. The number of aromatic nitrogens is 1. The first-order valence-electron chi connectivity index (χ1n) is 7.38. The fourth-order valence-electron chi connectivity index (χ4n) is 2.03. The summed E-state index contributed by atoms with van der Waals surface area (Å²) in [6.07, 6.45) is 2.15. The van der Waals surface area contributed by atoms with Crippen LogP contribution in [0, 0.1) is 0 Å². The van der Waals surface area contributed by atoms with Gasteiger partial charge in [-0.1, -0.05) is 36.4 Å². The molecular weight excluding hydrogens is 310 g/mol. The maximum absolute atomic E-state index is 12.1. The smallest absolute Gasteiger partial charge is 0.328 e. The summed E-state index contributed by atoms with van der Waals surface area (Å²) in [7, 11) is 0. The number of hydrogen-bond donors (Lipinski definition) is 2. The molecule has 0 saturated carbocycles. The van der Waals surface area contributed by atoms with Crippen LogP contribution in [0.25, 0.3) is 0 Å². The highest BCUT2D eigenvalue weighted by Gasteiger charge is 2.21. The lowest BCUT2D eigenvalue weighted by Gasteiger charge is -2.19. The number of nitrogens with zero attached hydrogens (tertiary/aromatic N) is 1. The summed E-state index contributed by atoms with van der Waals surface area (Å²) in [5.41, 5.74) is 1.03. The van der Waals surface area contributed by atoms with Crippen LogP contribution in [0.2, 0.25) is 0 Å². The molecule has 0 radical (unpaired) electrons. The van der Waals surface area contributed by atoms with E-state index in [1.165, 1.54) is 0 Å². The Kier molecular flexibility index (Phi) is 6.50. The average Bonchev–Trinajstić information content (AvgIpc) is 2.56. The molecule has 1 unspecified atom stereocenters. The number of benzene rings is 1. The number of thiocarbonyl (C=S) groups is 1. The van der Waals surface area contributed by atoms with Gasteiger partial charge >= 0.3 is 5.97 Å². The van der Waals surface area contributed by atoms with Gasteiger partial charge in [0.25, 0.3) is 0 Å². The van der Waals surface area contributed by atoms with Gasteiger partial charge in [-0.15, -0.1) is 0 Å². The van der Waals surface area contributed by atoms with Crippen molar-refractivity contribution in [2.75, 3.05) is 11.9 Å². The first kappa shape index (κ1) is 16.9. The number of rotatable bonds is 6. The first-order chi connectivity index (χ1) is 11.2. The van der Waals surface area contributed by atoms with E-state index in [0.717, 1.165) is 5.56 Å². The van der Waals surface area contributed by atoms with Crippen molar-refractivity contribution in [3.63, 3.8) is 0 Å².